The normalized spacial score (nSPS) is 16.6. The average Bonchev–Trinajstić information content (AvgIpc) is 3.08. The van der Waals surface area contributed by atoms with Gasteiger partial charge in [0.2, 0.25) is 5.83 Å². The fraction of sp³-hybridized carbons (Fsp3) is 0.500. The second-order valence-corrected chi connectivity index (χ2v) is 14.0. The van der Waals surface area contributed by atoms with Gasteiger partial charge < -0.3 is 19.3 Å². The summed E-state index contributed by atoms with van der Waals surface area (Å²) >= 11 is 1.36. The molecule has 0 spiro atoms. The Hall–Kier alpha value is -2.73. The summed E-state index contributed by atoms with van der Waals surface area (Å²) in [5.41, 5.74) is 1.60. The summed E-state index contributed by atoms with van der Waals surface area (Å²) in [7, 11) is 0.0859. The monoisotopic (exact) mass is 636 g/mol. The Kier molecular flexibility index (Phi) is 12.4. The summed E-state index contributed by atoms with van der Waals surface area (Å²) < 4.78 is 48.4. The van der Waals surface area contributed by atoms with Gasteiger partial charge in [-0.25, -0.2) is 4.79 Å². The highest BCUT2D eigenvalue weighted by Gasteiger charge is 2.42. The van der Waals surface area contributed by atoms with Crippen molar-refractivity contribution in [2.45, 2.75) is 69.1 Å². The van der Waals surface area contributed by atoms with Crippen LogP contribution in [-0.4, -0.2) is 65.1 Å². The van der Waals surface area contributed by atoms with Gasteiger partial charge in [0, 0.05) is 49.1 Å². The summed E-state index contributed by atoms with van der Waals surface area (Å²) in [6.45, 7) is 6.42. The third-order valence-electron chi connectivity index (χ3n) is 7.60. The molecule has 0 bridgehead atoms. The lowest BCUT2D eigenvalue weighted by Crippen LogP contribution is -2.38. The molecule has 11 heteroatoms. The lowest BCUT2D eigenvalue weighted by molar-refractivity contribution is -0.140. The van der Waals surface area contributed by atoms with Gasteiger partial charge in [-0.15, -0.1) is 11.8 Å². The van der Waals surface area contributed by atoms with Crippen LogP contribution >= 0.6 is 22.4 Å². The van der Waals surface area contributed by atoms with Crippen molar-refractivity contribution in [3.63, 3.8) is 0 Å². The molecular formula is C32H45FN2O6S2. The molecule has 0 radical (unpaired) electrons. The average molecular weight is 637 g/mol. The van der Waals surface area contributed by atoms with Crippen LogP contribution < -0.4 is 9.64 Å². The Labute approximate surface area is 261 Å². The number of unbranched alkanes of at least 4 members (excludes halogenated alkanes) is 2. The van der Waals surface area contributed by atoms with E-state index >= 15 is 0 Å². The highest BCUT2D eigenvalue weighted by atomic mass is 32.3. The standard InChI is InChI=1S/C32H45FN2O6S2/c1-7-10-16-32(17-11-8-2)21-35(24-14-12-23(13-15-24)30(36)34(4)5)26-18-28(42-6)27(19-29(26)43(38,39)22-32)41-20-25(33)31(37)40-9-3/h12-15,18-20,38-39H,7-11,16-17,21-22H2,1-6H3/b25-20-. The SMILES string of the molecule is CCCCC1(CCCC)CN(c2ccc(C(=O)N(C)C)cc2)c2cc(SC)c(O/C=C(\F)C(=O)OCC)cc2S(O)(O)C1. The number of rotatable bonds is 13. The molecule has 238 valence electrons. The van der Waals surface area contributed by atoms with Gasteiger partial charge in [-0.05, 0) is 56.4 Å². The molecule has 0 saturated heterocycles. The Morgan fingerprint density at radius 1 is 1.09 bits per heavy atom. The lowest BCUT2D eigenvalue weighted by Gasteiger charge is -2.42. The van der Waals surface area contributed by atoms with Crippen molar-refractivity contribution < 1.29 is 32.6 Å². The highest BCUT2D eigenvalue weighted by molar-refractivity contribution is 8.24. The Bertz CT molecular complexity index is 1290. The van der Waals surface area contributed by atoms with Crippen molar-refractivity contribution >= 4 is 45.6 Å². The summed E-state index contributed by atoms with van der Waals surface area (Å²) in [5.74, 6) is -2.04. The minimum absolute atomic E-state index is 0.0217. The van der Waals surface area contributed by atoms with E-state index in [1.165, 1.54) is 16.7 Å². The number of fused-ring (bicyclic) bond motifs is 1. The van der Waals surface area contributed by atoms with Crippen LogP contribution in [0, 0.1) is 5.41 Å². The lowest BCUT2D eigenvalue weighted by atomic mass is 9.79. The third kappa shape index (κ3) is 8.47. The number of nitrogens with zero attached hydrogens (tertiary/aromatic N) is 2. The van der Waals surface area contributed by atoms with E-state index in [0.29, 0.717) is 33.8 Å². The zero-order valence-electron chi connectivity index (χ0n) is 26.0. The largest absolute Gasteiger partial charge is 0.461 e. The number of ether oxygens (including phenoxy) is 2. The summed E-state index contributed by atoms with van der Waals surface area (Å²) in [6.07, 6.45) is 8.04. The zero-order valence-corrected chi connectivity index (χ0v) is 27.7. The Morgan fingerprint density at radius 3 is 2.26 bits per heavy atom. The van der Waals surface area contributed by atoms with E-state index in [4.69, 9.17) is 9.47 Å². The molecular weight excluding hydrogens is 591 g/mol. The number of anilines is 2. The van der Waals surface area contributed by atoms with Crippen molar-refractivity contribution in [3.8, 4) is 5.75 Å². The van der Waals surface area contributed by atoms with E-state index < -0.39 is 27.8 Å². The molecule has 0 unspecified atom stereocenters. The summed E-state index contributed by atoms with van der Waals surface area (Å²) in [4.78, 5) is 28.9. The van der Waals surface area contributed by atoms with Crippen LogP contribution in [0.25, 0.3) is 0 Å². The van der Waals surface area contributed by atoms with Crippen molar-refractivity contribution in [1.82, 2.24) is 4.90 Å². The second kappa shape index (κ2) is 15.3. The van der Waals surface area contributed by atoms with Crippen molar-refractivity contribution in [1.29, 1.82) is 0 Å². The summed E-state index contributed by atoms with van der Waals surface area (Å²) in [6, 6.07) is 10.7. The molecule has 8 nitrogen and oxygen atoms in total. The van der Waals surface area contributed by atoms with Gasteiger partial charge in [-0.3, -0.25) is 13.9 Å². The molecule has 3 rings (SSSR count). The highest BCUT2D eigenvalue weighted by Crippen LogP contribution is 2.62. The molecule has 1 aliphatic rings. The second-order valence-electron chi connectivity index (χ2n) is 11.1. The van der Waals surface area contributed by atoms with E-state index in [1.807, 2.05) is 24.5 Å². The fourth-order valence-corrected chi connectivity index (χ4v) is 8.12. The quantitative estimate of drug-likeness (QED) is 0.0977. The minimum Gasteiger partial charge on any atom is -0.461 e. The van der Waals surface area contributed by atoms with Gasteiger partial charge in [-0.1, -0.05) is 39.5 Å². The van der Waals surface area contributed by atoms with E-state index in [1.54, 1.807) is 39.2 Å². The van der Waals surface area contributed by atoms with E-state index in [0.717, 1.165) is 44.2 Å². The molecule has 0 fully saturated rings. The van der Waals surface area contributed by atoms with Gasteiger partial charge in [0.15, 0.2) is 0 Å². The van der Waals surface area contributed by atoms with Crippen LogP contribution in [0.15, 0.2) is 58.3 Å². The molecule has 0 aromatic heterocycles. The van der Waals surface area contributed by atoms with Crippen LogP contribution in [0.5, 0.6) is 5.75 Å². The molecule has 1 aliphatic heterocycles. The van der Waals surface area contributed by atoms with Crippen LogP contribution in [0.2, 0.25) is 0 Å². The Morgan fingerprint density at radius 2 is 1.72 bits per heavy atom. The number of esters is 1. The fourth-order valence-electron chi connectivity index (χ4n) is 5.39. The number of hydrogen-bond donors (Lipinski definition) is 2. The predicted octanol–water partition coefficient (Wildman–Crippen LogP) is 8.49. The first-order valence-corrected chi connectivity index (χ1v) is 17.6. The number of carbonyl (C=O) groups is 2. The molecule has 1 heterocycles. The van der Waals surface area contributed by atoms with Crippen LogP contribution in [-0.2, 0) is 9.53 Å². The predicted molar refractivity (Wildman–Crippen MR) is 174 cm³/mol. The third-order valence-corrected chi connectivity index (χ3v) is 10.4. The minimum atomic E-state index is -3.33. The molecule has 0 atom stereocenters. The molecule has 2 aromatic carbocycles. The van der Waals surface area contributed by atoms with Gasteiger partial charge >= 0.3 is 5.97 Å². The van der Waals surface area contributed by atoms with Gasteiger partial charge in [0.1, 0.15) is 12.0 Å². The topological polar surface area (TPSA) is 99.5 Å². The van der Waals surface area contributed by atoms with Crippen LogP contribution in [0.4, 0.5) is 15.8 Å². The number of halogens is 1. The molecule has 2 N–H and O–H groups in total. The first-order chi connectivity index (χ1) is 20.4. The van der Waals surface area contributed by atoms with Crippen LogP contribution in [0.3, 0.4) is 0 Å². The summed E-state index contributed by atoms with van der Waals surface area (Å²) in [5, 5.41) is 0. The molecule has 0 aliphatic carbocycles. The maximum Gasteiger partial charge on any atom is 0.370 e. The number of carbonyl (C=O) groups excluding carboxylic acids is 2. The van der Waals surface area contributed by atoms with E-state index in [-0.39, 0.29) is 24.0 Å². The Balaban J connectivity index is 2.21. The first-order valence-electron chi connectivity index (χ1n) is 14.7. The number of thioether (sulfide) groups is 1. The van der Waals surface area contributed by atoms with Gasteiger partial charge in [-0.2, -0.15) is 15.0 Å². The number of benzene rings is 2. The molecule has 0 saturated carbocycles. The maximum atomic E-state index is 14.3. The number of amides is 1. The number of hydrogen-bond acceptors (Lipinski definition) is 8. The zero-order chi connectivity index (χ0) is 31.8. The van der Waals surface area contributed by atoms with Crippen LogP contribution in [0.1, 0.15) is 69.7 Å². The van der Waals surface area contributed by atoms with Crippen molar-refractivity contribution in [3.05, 3.63) is 54.1 Å². The van der Waals surface area contributed by atoms with Crippen molar-refractivity contribution in [2.75, 3.05) is 44.2 Å². The molecule has 1 amide bonds. The van der Waals surface area contributed by atoms with E-state index in [2.05, 4.69) is 18.7 Å². The smallest absolute Gasteiger partial charge is 0.370 e. The molecule has 2 aromatic rings. The first kappa shape index (κ1) is 34.8. The van der Waals surface area contributed by atoms with E-state index in [9.17, 15) is 23.1 Å². The van der Waals surface area contributed by atoms with Gasteiger partial charge in [0.25, 0.3) is 5.91 Å². The van der Waals surface area contributed by atoms with Crippen molar-refractivity contribution in [2.24, 2.45) is 5.41 Å². The molecule has 43 heavy (non-hydrogen) atoms. The maximum absolute atomic E-state index is 14.3. The van der Waals surface area contributed by atoms with Gasteiger partial charge in [0.05, 0.1) is 22.1 Å².